The van der Waals surface area contributed by atoms with Gasteiger partial charge in [0.05, 0.1) is 5.56 Å². The molecule has 0 fully saturated rings. The van der Waals surface area contributed by atoms with E-state index in [0.29, 0.717) is 0 Å². The zero-order chi connectivity index (χ0) is 21.2. The number of aromatic hydroxyl groups is 1. The largest absolute Gasteiger partial charge is 0.505 e. The summed E-state index contributed by atoms with van der Waals surface area (Å²) in [7, 11) is 0. The van der Waals surface area contributed by atoms with E-state index >= 15 is 0 Å². The van der Waals surface area contributed by atoms with Crippen molar-refractivity contribution >= 4 is 11.9 Å². The summed E-state index contributed by atoms with van der Waals surface area (Å²) in [6.07, 6.45) is -3.45. The van der Waals surface area contributed by atoms with E-state index < -0.39 is 41.6 Å². The molecular formula is C18H12F3N3O5. The summed E-state index contributed by atoms with van der Waals surface area (Å²) in [5, 5.41) is 24.2. The van der Waals surface area contributed by atoms with Crippen LogP contribution in [0.2, 0.25) is 0 Å². The van der Waals surface area contributed by atoms with Gasteiger partial charge in [0.1, 0.15) is 18.0 Å². The van der Waals surface area contributed by atoms with Gasteiger partial charge >= 0.3 is 12.1 Å². The summed E-state index contributed by atoms with van der Waals surface area (Å²) >= 11 is 0. The minimum Gasteiger partial charge on any atom is -0.505 e. The van der Waals surface area contributed by atoms with Crippen LogP contribution in [0.5, 0.6) is 5.75 Å². The van der Waals surface area contributed by atoms with Crippen molar-refractivity contribution < 1.29 is 37.5 Å². The van der Waals surface area contributed by atoms with Gasteiger partial charge in [0, 0.05) is 23.4 Å². The van der Waals surface area contributed by atoms with Crippen molar-refractivity contribution in [2.75, 3.05) is 6.54 Å². The van der Waals surface area contributed by atoms with Crippen LogP contribution in [-0.2, 0) is 11.0 Å². The Kier molecular flexibility index (Phi) is 5.22. The third-order valence-electron chi connectivity index (χ3n) is 3.79. The number of rotatable bonds is 5. The Morgan fingerprint density at radius 1 is 1.17 bits per heavy atom. The third-order valence-corrected chi connectivity index (χ3v) is 3.79. The molecule has 0 aliphatic carbocycles. The molecule has 3 N–H and O–H groups in total. The quantitative estimate of drug-likeness (QED) is 0.594. The summed E-state index contributed by atoms with van der Waals surface area (Å²) in [6, 6.07) is 7.19. The number of hydrogen-bond donors (Lipinski definition) is 3. The highest BCUT2D eigenvalue weighted by atomic mass is 19.4. The number of amides is 1. The first-order valence-electron chi connectivity index (χ1n) is 7.99. The lowest BCUT2D eigenvalue weighted by atomic mass is 10.0. The predicted molar refractivity (Wildman–Crippen MR) is 91.8 cm³/mol. The van der Waals surface area contributed by atoms with E-state index in [1.807, 2.05) is 5.32 Å². The molecule has 3 rings (SSSR count). The van der Waals surface area contributed by atoms with Crippen molar-refractivity contribution in [1.82, 2.24) is 15.5 Å². The number of pyridine rings is 1. The molecule has 0 aliphatic heterocycles. The Morgan fingerprint density at radius 3 is 2.55 bits per heavy atom. The molecule has 1 aromatic carbocycles. The van der Waals surface area contributed by atoms with Crippen LogP contribution in [0.3, 0.4) is 0 Å². The molecule has 11 heteroatoms. The fourth-order valence-electron chi connectivity index (χ4n) is 2.49. The summed E-state index contributed by atoms with van der Waals surface area (Å²) < 4.78 is 44.6. The molecule has 0 unspecified atom stereocenters. The number of nitrogens with zero attached hydrogens (tertiary/aromatic N) is 2. The van der Waals surface area contributed by atoms with Crippen LogP contribution in [0.15, 0.2) is 47.1 Å². The van der Waals surface area contributed by atoms with Gasteiger partial charge in [-0.25, -0.2) is 4.98 Å². The summed E-state index contributed by atoms with van der Waals surface area (Å²) in [5.74, 6) is -2.74. The topological polar surface area (TPSA) is 126 Å². The van der Waals surface area contributed by atoms with Gasteiger partial charge in [-0.05, 0) is 12.1 Å². The first-order chi connectivity index (χ1) is 13.7. The van der Waals surface area contributed by atoms with Crippen molar-refractivity contribution in [2.24, 2.45) is 0 Å². The lowest BCUT2D eigenvalue weighted by Gasteiger charge is -2.10. The van der Waals surface area contributed by atoms with E-state index in [-0.39, 0.29) is 22.6 Å². The standard InChI is InChI=1S/C18H12F3N3O5/c19-18(20,21)11-4-2-1-3-10(11)12-6-14(29-24-12)9-5-13(25)16(22-7-9)17(28)23-8-15(26)27/h1-7,25H,8H2,(H,23,28)(H,26,27). The fourth-order valence-corrected chi connectivity index (χ4v) is 2.49. The normalized spacial score (nSPS) is 11.3. The number of nitrogens with one attached hydrogen (secondary N) is 1. The molecule has 0 saturated carbocycles. The Labute approximate surface area is 160 Å². The molecule has 2 heterocycles. The first kappa shape index (κ1) is 19.9. The van der Waals surface area contributed by atoms with E-state index in [4.69, 9.17) is 9.63 Å². The smallest absolute Gasteiger partial charge is 0.417 e. The first-order valence-corrected chi connectivity index (χ1v) is 7.99. The van der Waals surface area contributed by atoms with Crippen LogP contribution >= 0.6 is 0 Å². The SMILES string of the molecule is O=C(O)CNC(=O)c1ncc(-c2cc(-c3ccccc3C(F)(F)F)no2)cc1O. The van der Waals surface area contributed by atoms with Crippen LogP contribution in [-0.4, -0.2) is 38.8 Å². The second kappa shape index (κ2) is 7.62. The molecule has 2 aromatic heterocycles. The number of carboxylic acid groups (broad SMARTS) is 1. The van der Waals surface area contributed by atoms with Gasteiger partial charge < -0.3 is 20.1 Å². The molecule has 0 spiro atoms. The molecule has 0 bridgehead atoms. The van der Waals surface area contributed by atoms with Gasteiger partial charge in [-0.15, -0.1) is 0 Å². The van der Waals surface area contributed by atoms with E-state index in [1.165, 1.54) is 24.3 Å². The lowest BCUT2D eigenvalue weighted by molar-refractivity contribution is -0.137. The average molecular weight is 407 g/mol. The van der Waals surface area contributed by atoms with E-state index in [1.54, 1.807) is 0 Å². The Hall–Kier alpha value is -3.89. The minimum absolute atomic E-state index is 0.0114. The lowest BCUT2D eigenvalue weighted by Crippen LogP contribution is -2.29. The molecule has 0 radical (unpaired) electrons. The number of carbonyl (C=O) groups excluding carboxylic acids is 1. The molecule has 29 heavy (non-hydrogen) atoms. The zero-order valence-corrected chi connectivity index (χ0v) is 14.4. The van der Waals surface area contributed by atoms with E-state index in [9.17, 15) is 27.9 Å². The van der Waals surface area contributed by atoms with Crippen molar-refractivity contribution in [2.45, 2.75) is 6.18 Å². The number of alkyl halides is 3. The monoisotopic (exact) mass is 407 g/mol. The van der Waals surface area contributed by atoms with Crippen LogP contribution in [0.1, 0.15) is 16.1 Å². The maximum atomic E-state index is 13.2. The van der Waals surface area contributed by atoms with Gasteiger partial charge in [-0.2, -0.15) is 13.2 Å². The minimum atomic E-state index is -4.58. The predicted octanol–water partition coefficient (Wildman–Crippen LogP) is 2.94. The maximum Gasteiger partial charge on any atom is 0.417 e. The third kappa shape index (κ3) is 4.34. The van der Waals surface area contributed by atoms with Crippen LogP contribution < -0.4 is 5.32 Å². The van der Waals surface area contributed by atoms with Gasteiger partial charge in [-0.1, -0.05) is 23.4 Å². The fraction of sp³-hybridized carbons (Fsp3) is 0.111. The van der Waals surface area contributed by atoms with E-state index in [2.05, 4.69) is 10.1 Å². The molecule has 0 aliphatic rings. The Morgan fingerprint density at radius 2 is 1.90 bits per heavy atom. The van der Waals surface area contributed by atoms with Gasteiger partial charge in [-0.3, -0.25) is 9.59 Å². The molecule has 1 amide bonds. The number of hydrogen-bond acceptors (Lipinski definition) is 6. The molecule has 150 valence electrons. The van der Waals surface area contributed by atoms with Gasteiger partial charge in [0.2, 0.25) is 0 Å². The van der Waals surface area contributed by atoms with Crippen molar-refractivity contribution in [3.8, 4) is 28.3 Å². The Bertz CT molecular complexity index is 1080. The number of aliphatic carboxylic acids is 1. The number of benzene rings is 1. The second-order valence-electron chi connectivity index (χ2n) is 5.79. The second-order valence-corrected chi connectivity index (χ2v) is 5.79. The number of carboxylic acids is 1. The van der Waals surface area contributed by atoms with Crippen LogP contribution in [0.4, 0.5) is 13.2 Å². The number of halogens is 3. The molecule has 3 aromatic rings. The molecular weight excluding hydrogens is 395 g/mol. The van der Waals surface area contributed by atoms with Crippen molar-refractivity contribution in [3.05, 3.63) is 53.9 Å². The van der Waals surface area contributed by atoms with Gasteiger partial charge in [0.15, 0.2) is 11.5 Å². The van der Waals surface area contributed by atoms with Crippen LogP contribution in [0.25, 0.3) is 22.6 Å². The average Bonchev–Trinajstić information content (AvgIpc) is 3.15. The Balaban J connectivity index is 1.89. The highest BCUT2D eigenvalue weighted by Gasteiger charge is 2.34. The van der Waals surface area contributed by atoms with Crippen molar-refractivity contribution in [1.29, 1.82) is 0 Å². The van der Waals surface area contributed by atoms with Crippen LogP contribution in [0, 0.1) is 0 Å². The number of carbonyl (C=O) groups is 2. The highest BCUT2D eigenvalue weighted by Crippen LogP contribution is 2.37. The summed E-state index contributed by atoms with van der Waals surface area (Å²) in [6.45, 7) is -0.661. The number of aromatic nitrogens is 2. The van der Waals surface area contributed by atoms with Crippen molar-refractivity contribution in [3.63, 3.8) is 0 Å². The summed E-state index contributed by atoms with van der Waals surface area (Å²) in [4.78, 5) is 26.0. The maximum absolute atomic E-state index is 13.2. The molecule has 0 saturated heterocycles. The van der Waals surface area contributed by atoms with Gasteiger partial charge in [0.25, 0.3) is 5.91 Å². The highest BCUT2D eigenvalue weighted by molar-refractivity contribution is 5.96. The molecule has 0 atom stereocenters. The zero-order valence-electron chi connectivity index (χ0n) is 14.4. The summed E-state index contributed by atoms with van der Waals surface area (Å²) in [5.41, 5.74) is -1.41. The molecule has 8 nitrogen and oxygen atoms in total. The van der Waals surface area contributed by atoms with E-state index in [0.717, 1.165) is 18.3 Å².